The Hall–Kier alpha value is -1.95. The molecule has 6 nitrogen and oxygen atoms in total. The third-order valence-electron chi connectivity index (χ3n) is 3.89. The van der Waals surface area contributed by atoms with Crippen LogP contribution in [0.2, 0.25) is 0 Å². The third-order valence-corrected chi connectivity index (χ3v) is 3.89. The first kappa shape index (κ1) is 15.4. The number of hydrogen-bond acceptors (Lipinski definition) is 4. The molecule has 2 heterocycles. The zero-order valence-electron chi connectivity index (χ0n) is 12.2. The Morgan fingerprint density at radius 2 is 2.14 bits per heavy atom. The minimum atomic E-state index is -0.760. The van der Waals surface area contributed by atoms with E-state index in [9.17, 15) is 9.59 Å². The molecule has 21 heavy (non-hydrogen) atoms. The van der Waals surface area contributed by atoms with Gasteiger partial charge in [0.1, 0.15) is 0 Å². The van der Waals surface area contributed by atoms with Crippen LogP contribution in [0, 0.1) is 5.92 Å². The second kappa shape index (κ2) is 7.17. The fourth-order valence-corrected chi connectivity index (χ4v) is 2.46. The topological polar surface area (TPSA) is 82.5 Å². The number of piperidine rings is 1. The third kappa shape index (κ3) is 4.26. The van der Waals surface area contributed by atoms with E-state index in [1.807, 2.05) is 25.1 Å². The van der Waals surface area contributed by atoms with Gasteiger partial charge in [0.05, 0.1) is 18.2 Å². The summed E-state index contributed by atoms with van der Waals surface area (Å²) >= 11 is 0. The first-order chi connectivity index (χ1) is 10.1. The van der Waals surface area contributed by atoms with Crippen LogP contribution in [0.1, 0.15) is 31.5 Å². The van der Waals surface area contributed by atoms with E-state index in [0.29, 0.717) is 25.9 Å². The molecule has 0 bridgehead atoms. The highest BCUT2D eigenvalue weighted by Crippen LogP contribution is 2.17. The molecule has 1 atom stereocenters. The van der Waals surface area contributed by atoms with Crippen molar-refractivity contribution in [2.75, 3.05) is 19.6 Å². The van der Waals surface area contributed by atoms with Crippen molar-refractivity contribution in [3.63, 3.8) is 0 Å². The van der Waals surface area contributed by atoms with Gasteiger partial charge >= 0.3 is 5.97 Å². The Balaban J connectivity index is 1.76. The van der Waals surface area contributed by atoms with Crippen molar-refractivity contribution in [3.05, 3.63) is 30.1 Å². The lowest BCUT2D eigenvalue weighted by molar-refractivity contribution is -0.145. The minimum Gasteiger partial charge on any atom is -0.481 e. The van der Waals surface area contributed by atoms with Crippen LogP contribution >= 0.6 is 0 Å². The fourth-order valence-electron chi connectivity index (χ4n) is 2.46. The average molecular weight is 291 g/mol. The summed E-state index contributed by atoms with van der Waals surface area (Å²) < 4.78 is 0. The number of likely N-dealkylation sites (tertiary alicyclic amines) is 1. The molecular formula is C15H21N3O3. The number of rotatable bonds is 5. The molecule has 2 rings (SSSR count). The molecule has 0 aromatic carbocycles. The summed E-state index contributed by atoms with van der Waals surface area (Å²) in [5.41, 5.74) is 0.898. The monoisotopic (exact) mass is 291 g/mol. The summed E-state index contributed by atoms with van der Waals surface area (Å²) in [7, 11) is 0. The Kier molecular flexibility index (Phi) is 5.27. The van der Waals surface area contributed by atoms with Gasteiger partial charge in [-0.2, -0.15) is 0 Å². The zero-order valence-corrected chi connectivity index (χ0v) is 12.2. The number of aliphatic carboxylic acids is 1. The molecule has 1 amide bonds. The maximum absolute atomic E-state index is 12.1. The van der Waals surface area contributed by atoms with Crippen LogP contribution in [0.25, 0.3) is 0 Å². The van der Waals surface area contributed by atoms with Gasteiger partial charge in [-0.1, -0.05) is 6.07 Å². The van der Waals surface area contributed by atoms with E-state index in [2.05, 4.69) is 10.3 Å². The number of aromatic nitrogens is 1. The Bertz CT molecular complexity index is 484. The molecule has 0 spiro atoms. The number of carbonyl (C=O) groups excluding carboxylic acids is 1. The molecule has 1 aromatic heterocycles. The molecule has 1 aliphatic heterocycles. The van der Waals surface area contributed by atoms with Gasteiger partial charge in [0.25, 0.3) is 0 Å². The normalized spacial score (nSPS) is 17.5. The highest BCUT2D eigenvalue weighted by molar-refractivity contribution is 5.79. The lowest BCUT2D eigenvalue weighted by atomic mass is 9.97. The molecule has 1 saturated heterocycles. The molecule has 0 aliphatic carbocycles. The van der Waals surface area contributed by atoms with Crippen LogP contribution in [0.3, 0.4) is 0 Å². The molecule has 1 aliphatic rings. The van der Waals surface area contributed by atoms with Gasteiger partial charge in [0.2, 0.25) is 5.91 Å². The van der Waals surface area contributed by atoms with Gasteiger partial charge in [0.15, 0.2) is 0 Å². The van der Waals surface area contributed by atoms with E-state index in [1.54, 1.807) is 11.1 Å². The lowest BCUT2D eigenvalue weighted by Gasteiger charge is -2.30. The maximum atomic E-state index is 12.1. The predicted molar refractivity (Wildman–Crippen MR) is 77.6 cm³/mol. The predicted octanol–water partition coefficient (Wildman–Crippen LogP) is 1.06. The smallest absolute Gasteiger partial charge is 0.306 e. The Morgan fingerprint density at radius 1 is 1.43 bits per heavy atom. The van der Waals surface area contributed by atoms with Gasteiger partial charge in [-0.05, 0) is 31.9 Å². The number of nitrogens with one attached hydrogen (secondary N) is 1. The van der Waals surface area contributed by atoms with Crippen LogP contribution in [0.4, 0.5) is 0 Å². The molecule has 0 saturated carbocycles. The zero-order chi connectivity index (χ0) is 15.2. The molecule has 2 N–H and O–H groups in total. The molecule has 1 fully saturated rings. The van der Waals surface area contributed by atoms with E-state index in [-0.39, 0.29) is 24.4 Å². The number of carboxylic acid groups (broad SMARTS) is 1. The molecule has 114 valence electrons. The Labute approximate surface area is 124 Å². The van der Waals surface area contributed by atoms with Crippen LogP contribution < -0.4 is 5.32 Å². The van der Waals surface area contributed by atoms with Crippen LogP contribution in [-0.2, 0) is 9.59 Å². The molecular weight excluding hydrogens is 270 g/mol. The second-order valence-corrected chi connectivity index (χ2v) is 5.35. The summed E-state index contributed by atoms with van der Waals surface area (Å²) in [5, 5.41) is 12.1. The number of hydrogen-bond donors (Lipinski definition) is 2. The lowest BCUT2D eigenvalue weighted by Crippen LogP contribution is -2.44. The number of nitrogens with zero attached hydrogens (tertiary/aromatic N) is 2. The standard InChI is InChI=1S/C15H21N3O3/c1-11(13-4-2-3-7-16-13)17-10-14(19)18-8-5-12(6-9-18)15(20)21/h2-4,7,11-12,17H,5-6,8-10H2,1H3,(H,20,21)/t11-/m0/s1. The van der Waals surface area contributed by atoms with E-state index >= 15 is 0 Å². The molecule has 0 unspecified atom stereocenters. The fraction of sp³-hybridized carbons (Fsp3) is 0.533. The van der Waals surface area contributed by atoms with Crippen LogP contribution in [0.5, 0.6) is 0 Å². The summed E-state index contributed by atoms with van der Waals surface area (Å²) in [5.74, 6) is -1.06. The van der Waals surface area contributed by atoms with E-state index in [4.69, 9.17) is 5.11 Å². The largest absolute Gasteiger partial charge is 0.481 e. The molecule has 6 heteroatoms. The van der Waals surface area contributed by atoms with Crippen molar-refractivity contribution in [2.45, 2.75) is 25.8 Å². The highest BCUT2D eigenvalue weighted by atomic mass is 16.4. The van der Waals surface area contributed by atoms with Crippen LogP contribution in [-0.4, -0.2) is 46.5 Å². The van der Waals surface area contributed by atoms with Gasteiger partial charge in [-0.15, -0.1) is 0 Å². The number of carbonyl (C=O) groups is 2. The second-order valence-electron chi connectivity index (χ2n) is 5.35. The van der Waals surface area contributed by atoms with E-state index < -0.39 is 5.97 Å². The van der Waals surface area contributed by atoms with Crippen molar-refractivity contribution < 1.29 is 14.7 Å². The van der Waals surface area contributed by atoms with Crippen molar-refractivity contribution in [2.24, 2.45) is 5.92 Å². The summed E-state index contributed by atoms with van der Waals surface area (Å²) in [6.07, 6.45) is 2.81. The van der Waals surface area contributed by atoms with Crippen LogP contribution in [0.15, 0.2) is 24.4 Å². The van der Waals surface area contributed by atoms with Crippen molar-refractivity contribution >= 4 is 11.9 Å². The van der Waals surface area contributed by atoms with Crippen molar-refractivity contribution in [1.82, 2.24) is 15.2 Å². The number of pyridine rings is 1. The summed E-state index contributed by atoms with van der Waals surface area (Å²) in [6, 6.07) is 5.69. The number of amides is 1. The molecule has 0 radical (unpaired) electrons. The summed E-state index contributed by atoms with van der Waals surface area (Å²) in [4.78, 5) is 29.0. The SMILES string of the molecule is C[C@H](NCC(=O)N1CCC(C(=O)O)CC1)c1ccccn1. The highest BCUT2D eigenvalue weighted by Gasteiger charge is 2.26. The van der Waals surface area contributed by atoms with Gasteiger partial charge in [0, 0.05) is 25.3 Å². The summed E-state index contributed by atoms with van der Waals surface area (Å²) in [6.45, 7) is 3.26. The quantitative estimate of drug-likeness (QED) is 0.847. The van der Waals surface area contributed by atoms with Gasteiger partial charge in [-0.25, -0.2) is 0 Å². The van der Waals surface area contributed by atoms with E-state index in [1.165, 1.54) is 0 Å². The van der Waals surface area contributed by atoms with Crippen molar-refractivity contribution in [1.29, 1.82) is 0 Å². The molecule has 1 aromatic rings. The van der Waals surface area contributed by atoms with Crippen molar-refractivity contribution in [3.8, 4) is 0 Å². The first-order valence-electron chi connectivity index (χ1n) is 7.23. The van der Waals surface area contributed by atoms with Gasteiger partial charge < -0.3 is 15.3 Å². The first-order valence-corrected chi connectivity index (χ1v) is 7.23. The Morgan fingerprint density at radius 3 is 2.71 bits per heavy atom. The number of carboxylic acids is 1. The maximum Gasteiger partial charge on any atom is 0.306 e. The minimum absolute atomic E-state index is 0.00621. The van der Waals surface area contributed by atoms with Gasteiger partial charge in [-0.3, -0.25) is 14.6 Å². The van der Waals surface area contributed by atoms with E-state index in [0.717, 1.165) is 5.69 Å². The average Bonchev–Trinajstić information content (AvgIpc) is 2.53.